The Labute approximate surface area is 182 Å². The smallest absolute Gasteiger partial charge is 0.305 e. The van der Waals surface area contributed by atoms with Crippen LogP contribution in [0.1, 0.15) is 43.7 Å². The summed E-state index contributed by atoms with van der Waals surface area (Å²) < 4.78 is 28.7. The van der Waals surface area contributed by atoms with Gasteiger partial charge in [0.1, 0.15) is 11.6 Å². The van der Waals surface area contributed by atoms with Crippen LogP contribution in [-0.4, -0.2) is 31.8 Å². The quantitative estimate of drug-likeness (QED) is 0.381. The summed E-state index contributed by atoms with van der Waals surface area (Å²) in [6, 6.07) is 14.3. The Bertz CT molecular complexity index is 809. The maximum Gasteiger partial charge on any atom is 0.305 e. The first-order valence-electron chi connectivity index (χ1n) is 10.5. The van der Waals surface area contributed by atoms with Crippen molar-refractivity contribution in [3.63, 3.8) is 0 Å². The number of nitrogens with zero attached hydrogens (tertiary/aromatic N) is 1. The second-order valence-corrected chi connectivity index (χ2v) is 7.33. The van der Waals surface area contributed by atoms with Crippen LogP contribution in [0.2, 0.25) is 0 Å². The lowest BCUT2D eigenvalue weighted by molar-refractivity contribution is -0.143. The summed E-state index contributed by atoms with van der Waals surface area (Å²) in [6.45, 7) is 2.80. The van der Waals surface area contributed by atoms with Crippen LogP contribution in [0, 0.1) is 10.7 Å². The summed E-state index contributed by atoms with van der Waals surface area (Å²) >= 11 is 0. The fourth-order valence-electron chi connectivity index (χ4n) is 3.04. The van der Waals surface area contributed by atoms with E-state index >= 15 is 0 Å². The first-order chi connectivity index (χ1) is 15.0. The molecule has 0 radical (unpaired) electrons. The average molecular weight is 432 g/mol. The van der Waals surface area contributed by atoms with Gasteiger partial charge in [0.15, 0.2) is 0 Å². The molecule has 31 heavy (non-hydrogen) atoms. The molecule has 0 aliphatic heterocycles. The molecule has 1 saturated carbocycles. The van der Waals surface area contributed by atoms with Crippen molar-refractivity contribution >= 4 is 5.97 Å². The van der Waals surface area contributed by atoms with Crippen molar-refractivity contribution in [2.75, 3.05) is 13.7 Å². The number of nitroso groups, excluding NO2 is 1. The lowest BCUT2D eigenvalue weighted by atomic mass is 9.90. The van der Waals surface area contributed by atoms with Gasteiger partial charge in [0.2, 0.25) is 0 Å². The van der Waals surface area contributed by atoms with E-state index in [0.717, 1.165) is 19.3 Å². The maximum absolute atomic E-state index is 13.0. The number of esters is 1. The van der Waals surface area contributed by atoms with E-state index in [0.29, 0.717) is 30.8 Å². The number of carbonyl (C=O) groups is 1. The largest absolute Gasteiger partial charge is 0.496 e. The van der Waals surface area contributed by atoms with Crippen molar-refractivity contribution < 1.29 is 23.4 Å². The number of benzene rings is 2. The van der Waals surface area contributed by atoms with Gasteiger partial charge < -0.3 is 14.2 Å². The second-order valence-electron chi connectivity index (χ2n) is 7.33. The Morgan fingerprint density at radius 3 is 2.55 bits per heavy atom. The highest BCUT2D eigenvalue weighted by Crippen LogP contribution is 2.26. The monoisotopic (exact) mass is 431 g/mol. The van der Waals surface area contributed by atoms with Gasteiger partial charge in [0, 0.05) is 18.4 Å². The molecule has 0 unspecified atom stereocenters. The van der Waals surface area contributed by atoms with Crippen LogP contribution in [0.4, 0.5) is 4.39 Å². The Kier molecular flexibility index (Phi) is 10.6. The highest BCUT2D eigenvalue weighted by molar-refractivity contribution is 5.69. The maximum atomic E-state index is 13.0. The fraction of sp³-hybridized carbons (Fsp3) is 0.458. The Balaban J connectivity index is 0.000000224. The standard InChI is InChI=1S/C13H17FO3.C11H13NO2/c1-3-4-13(15)17-8-7-10-9-11(14)5-6-12(10)16-2;13-12-10-6-11(7-10)14-8-9-4-2-1-3-5-9/h5-6,9H,3-4,7-8H2,1-2H3;1-5,10-11H,6-8H2. The van der Waals surface area contributed by atoms with Gasteiger partial charge in [-0.1, -0.05) is 42.4 Å². The third kappa shape index (κ3) is 8.84. The zero-order valence-electron chi connectivity index (χ0n) is 18.1. The van der Waals surface area contributed by atoms with Gasteiger partial charge in [-0.25, -0.2) is 4.39 Å². The van der Waals surface area contributed by atoms with E-state index in [1.165, 1.54) is 24.8 Å². The fourth-order valence-corrected chi connectivity index (χ4v) is 3.04. The molecule has 0 saturated heterocycles. The second kappa shape index (κ2) is 13.5. The van der Waals surface area contributed by atoms with Crippen molar-refractivity contribution in [2.45, 2.75) is 57.8 Å². The molecule has 0 heterocycles. The highest BCUT2D eigenvalue weighted by atomic mass is 19.1. The molecule has 2 aromatic carbocycles. The van der Waals surface area contributed by atoms with Crippen LogP contribution in [0.15, 0.2) is 53.7 Å². The number of carbonyl (C=O) groups excluding carboxylic acids is 1. The minimum Gasteiger partial charge on any atom is -0.496 e. The number of ether oxygens (including phenoxy) is 3. The van der Waals surface area contributed by atoms with E-state index in [9.17, 15) is 14.1 Å². The molecule has 0 amide bonds. The normalized spacial score (nSPS) is 17.0. The van der Waals surface area contributed by atoms with Gasteiger partial charge in [-0.15, -0.1) is 0 Å². The lowest BCUT2D eigenvalue weighted by Gasteiger charge is -2.30. The molecule has 7 heteroatoms. The molecule has 168 valence electrons. The summed E-state index contributed by atoms with van der Waals surface area (Å²) in [5.74, 6) is 0.0708. The van der Waals surface area contributed by atoms with Crippen LogP contribution in [0.5, 0.6) is 5.75 Å². The molecule has 2 aromatic rings. The molecule has 6 nitrogen and oxygen atoms in total. The molecule has 1 fully saturated rings. The number of rotatable bonds is 10. The van der Waals surface area contributed by atoms with Crippen LogP contribution >= 0.6 is 0 Å². The van der Waals surface area contributed by atoms with Crippen molar-refractivity contribution in [3.05, 3.63) is 70.4 Å². The first kappa shape index (κ1) is 24.5. The van der Waals surface area contributed by atoms with E-state index in [1.807, 2.05) is 37.3 Å². The SMILES string of the molecule is CCCC(=O)OCCc1cc(F)ccc1OC.O=NC1CC(OCc2ccccc2)C1. The molecule has 3 rings (SSSR count). The molecule has 0 aromatic heterocycles. The van der Waals surface area contributed by atoms with Crippen LogP contribution in [0.25, 0.3) is 0 Å². The molecule has 0 spiro atoms. The van der Waals surface area contributed by atoms with E-state index < -0.39 is 0 Å². The number of methoxy groups -OCH3 is 1. The number of halogens is 1. The average Bonchev–Trinajstić information content (AvgIpc) is 2.74. The van der Waals surface area contributed by atoms with Crippen LogP contribution in [-0.2, 0) is 27.3 Å². The van der Waals surface area contributed by atoms with E-state index in [1.54, 1.807) is 6.07 Å². The van der Waals surface area contributed by atoms with Gasteiger partial charge in [-0.3, -0.25) is 4.79 Å². The minimum absolute atomic E-state index is 0.00391. The molecular formula is C24H30FNO5. The number of hydrogen-bond donors (Lipinski definition) is 0. The predicted molar refractivity (Wildman–Crippen MR) is 116 cm³/mol. The van der Waals surface area contributed by atoms with E-state index in [2.05, 4.69) is 5.18 Å². The van der Waals surface area contributed by atoms with Crippen LogP contribution < -0.4 is 4.74 Å². The zero-order chi connectivity index (χ0) is 22.5. The Hall–Kier alpha value is -2.80. The summed E-state index contributed by atoms with van der Waals surface area (Å²) in [6.07, 6.45) is 3.45. The molecule has 0 N–H and O–H groups in total. The molecular weight excluding hydrogens is 401 g/mol. The predicted octanol–water partition coefficient (Wildman–Crippen LogP) is 5.22. The summed E-state index contributed by atoms with van der Waals surface area (Å²) in [5.41, 5.74) is 1.88. The third-order valence-corrected chi connectivity index (χ3v) is 4.88. The molecule has 0 atom stereocenters. The zero-order valence-corrected chi connectivity index (χ0v) is 18.1. The third-order valence-electron chi connectivity index (χ3n) is 4.88. The van der Waals surface area contributed by atoms with Crippen molar-refractivity contribution in [1.82, 2.24) is 0 Å². The van der Waals surface area contributed by atoms with Gasteiger partial charge in [-0.2, -0.15) is 4.91 Å². The van der Waals surface area contributed by atoms with Crippen molar-refractivity contribution in [3.8, 4) is 5.75 Å². The van der Waals surface area contributed by atoms with Crippen molar-refractivity contribution in [2.24, 2.45) is 5.18 Å². The van der Waals surface area contributed by atoms with Crippen LogP contribution in [0.3, 0.4) is 0 Å². The Morgan fingerprint density at radius 1 is 1.16 bits per heavy atom. The lowest BCUT2D eigenvalue weighted by Crippen LogP contribution is -2.33. The first-order valence-corrected chi connectivity index (χ1v) is 10.5. The summed E-state index contributed by atoms with van der Waals surface area (Å²) in [5, 5.41) is 2.97. The van der Waals surface area contributed by atoms with Gasteiger partial charge >= 0.3 is 5.97 Å². The van der Waals surface area contributed by atoms with E-state index in [4.69, 9.17) is 14.2 Å². The van der Waals surface area contributed by atoms with Crippen molar-refractivity contribution in [1.29, 1.82) is 0 Å². The van der Waals surface area contributed by atoms with Gasteiger partial charge in [0.25, 0.3) is 0 Å². The van der Waals surface area contributed by atoms with E-state index in [-0.39, 0.29) is 30.5 Å². The minimum atomic E-state index is -0.319. The highest BCUT2D eigenvalue weighted by Gasteiger charge is 2.30. The number of hydrogen-bond acceptors (Lipinski definition) is 6. The Morgan fingerprint density at radius 2 is 1.90 bits per heavy atom. The van der Waals surface area contributed by atoms with Gasteiger partial charge in [0.05, 0.1) is 32.5 Å². The summed E-state index contributed by atoms with van der Waals surface area (Å²) in [4.78, 5) is 21.2. The molecule has 1 aliphatic carbocycles. The van der Waals surface area contributed by atoms with Gasteiger partial charge in [-0.05, 0) is 43.0 Å². The molecule has 1 aliphatic rings. The summed E-state index contributed by atoms with van der Waals surface area (Å²) in [7, 11) is 1.53. The topological polar surface area (TPSA) is 74.2 Å². The molecule has 0 bridgehead atoms.